The Hall–Kier alpha value is -4.40. The zero-order chi connectivity index (χ0) is 26.6. The third kappa shape index (κ3) is 5.72. The maximum absolute atomic E-state index is 14.1. The van der Waals surface area contributed by atoms with Crippen molar-refractivity contribution in [2.75, 3.05) is 19.1 Å². The summed E-state index contributed by atoms with van der Waals surface area (Å²) in [5, 5.41) is 11.4. The molecule has 0 radical (unpaired) electrons. The van der Waals surface area contributed by atoms with Gasteiger partial charge in [-0.15, -0.1) is 5.10 Å². The van der Waals surface area contributed by atoms with Crippen LogP contribution in [0.3, 0.4) is 0 Å². The zero-order valence-electron chi connectivity index (χ0n) is 21.6. The van der Waals surface area contributed by atoms with Gasteiger partial charge < -0.3 is 14.8 Å². The van der Waals surface area contributed by atoms with Crippen LogP contribution >= 0.6 is 0 Å². The van der Waals surface area contributed by atoms with Crippen molar-refractivity contribution in [3.05, 3.63) is 78.4 Å². The lowest BCUT2D eigenvalue weighted by atomic mass is 9.99. The van der Waals surface area contributed by atoms with Gasteiger partial charge in [0.15, 0.2) is 0 Å². The van der Waals surface area contributed by atoms with E-state index in [4.69, 9.17) is 9.47 Å². The van der Waals surface area contributed by atoms with E-state index < -0.39 is 11.6 Å². The molecule has 192 valence electrons. The van der Waals surface area contributed by atoms with Crippen LogP contribution in [0.1, 0.15) is 32.4 Å². The summed E-state index contributed by atoms with van der Waals surface area (Å²) in [6.07, 6.45) is 0. The number of aromatic nitrogens is 3. The molecule has 0 aliphatic rings. The highest BCUT2D eigenvalue weighted by Crippen LogP contribution is 2.36. The van der Waals surface area contributed by atoms with Crippen molar-refractivity contribution in [2.45, 2.75) is 38.9 Å². The van der Waals surface area contributed by atoms with Gasteiger partial charge in [0, 0.05) is 16.8 Å². The summed E-state index contributed by atoms with van der Waals surface area (Å²) in [6, 6.07) is 20.6. The van der Waals surface area contributed by atoms with Crippen molar-refractivity contribution in [1.82, 2.24) is 20.3 Å². The van der Waals surface area contributed by atoms with Crippen LogP contribution in [0.2, 0.25) is 0 Å². The monoisotopic (exact) mass is 501 g/mol. The van der Waals surface area contributed by atoms with Crippen molar-refractivity contribution in [1.29, 1.82) is 0 Å². The van der Waals surface area contributed by atoms with Gasteiger partial charge in [0.1, 0.15) is 29.6 Å². The Labute approximate surface area is 216 Å². The minimum absolute atomic E-state index is 0.124. The van der Waals surface area contributed by atoms with Crippen LogP contribution in [0.15, 0.2) is 72.8 Å². The SMILES string of the molecule is COc1ccc(OC)c([C@@H](C(=O)NC(C)(C)C)N(C(=O)Cn2nnc3ccccc32)c2ccccc2)c1. The second-order valence-corrected chi connectivity index (χ2v) is 9.58. The molecule has 0 saturated heterocycles. The second kappa shape index (κ2) is 10.7. The molecule has 0 aliphatic carbocycles. The lowest BCUT2D eigenvalue weighted by Gasteiger charge is -2.34. The summed E-state index contributed by atoms with van der Waals surface area (Å²) < 4.78 is 12.6. The Balaban J connectivity index is 1.87. The topological polar surface area (TPSA) is 98.6 Å². The molecule has 1 heterocycles. The maximum atomic E-state index is 14.1. The molecule has 2 amide bonds. The number of amides is 2. The number of nitrogens with zero attached hydrogens (tertiary/aromatic N) is 4. The van der Waals surface area contributed by atoms with E-state index in [1.807, 2.05) is 63.2 Å². The van der Waals surface area contributed by atoms with Crippen molar-refractivity contribution >= 4 is 28.5 Å². The predicted octanol–water partition coefficient (Wildman–Crippen LogP) is 4.14. The van der Waals surface area contributed by atoms with E-state index in [0.29, 0.717) is 28.3 Å². The van der Waals surface area contributed by atoms with Gasteiger partial charge in [-0.05, 0) is 63.2 Å². The normalized spacial score (nSPS) is 12.1. The fraction of sp³-hybridized carbons (Fsp3) is 0.286. The molecule has 3 aromatic carbocycles. The standard InChI is InChI=1S/C28H31N5O4/c1-28(2,3)29-27(35)26(21-17-20(36-4)15-16-24(21)37-5)33(19-11-7-6-8-12-19)25(34)18-32-23-14-10-9-13-22(23)30-31-32/h6-17,26H,18H2,1-5H3,(H,29,35)/t26-/m0/s1. The van der Waals surface area contributed by atoms with E-state index in [1.165, 1.54) is 16.7 Å². The number of para-hydroxylation sites is 2. The first kappa shape index (κ1) is 25.7. The molecular weight excluding hydrogens is 470 g/mol. The first-order chi connectivity index (χ1) is 17.7. The summed E-state index contributed by atoms with van der Waals surface area (Å²) >= 11 is 0. The minimum Gasteiger partial charge on any atom is -0.497 e. The van der Waals surface area contributed by atoms with Crippen LogP contribution in [0.25, 0.3) is 11.0 Å². The summed E-state index contributed by atoms with van der Waals surface area (Å²) in [4.78, 5) is 29.5. The van der Waals surface area contributed by atoms with Crippen molar-refractivity contribution in [2.24, 2.45) is 0 Å². The molecule has 0 saturated carbocycles. The van der Waals surface area contributed by atoms with Crippen LogP contribution < -0.4 is 19.7 Å². The molecule has 9 heteroatoms. The van der Waals surface area contributed by atoms with Gasteiger partial charge in [0.2, 0.25) is 11.8 Å². The van der Waals surface area contributed by atoms with Crippen molar-refractivity contribution in [3.63, 3.8) is 0 Å². The molecule has 0 unspecified atom stereocenters. The molecule has 9 nitrogen and oxygen atoms in total. The van der Waals surface area contributed by atoms with Crippen LogP contribution in [-0.4, -0.2) is 46.6 Å². The van der Waals surface area contributed by atoms with Crippen molar-refractivity contribution < 1.29 is 19.1 Å². The van der Waals surface area contributed by atoms with E-state index in [1.54, 1.807) is 37.4 Å². The molecule has 0 aliphatic heterocycles. The van der Waals surface area contributed by atoms with Crippen LogP contribution in [0.5, 0.6) is 11.5 Å². The third-order valence-electron chi connectivity index (χ3n) is 5.74. The van der Waals surface area contributed by atoms with Gasteiger partial charge >= 0.3 is 0 Å². The highest BCUT2D eigenvalue weighted by molar-refractivity contribution is 6.02. The summed E-state index contributed by atoms with van der Waals surface area (Å²) in [7, 11) is 3.08. The van der Waals surface area contributed by atoms with Gasteiger partial charge in [-0.2, -0.15) is 0 Å². The molecule has 0 bridgehead atoms. The molecule has 4 rings (SSSR count). The van der Waals surface area contributed by atoms with E-state index in [2.05, 4.69) is 15.6 Å². The van der Waals surface area contributed by atoms with Gasteiger partial charge in [0.25, 0.3) is 0 Å². The molecule has 4 aromatic rings. The average Bonchev–Trinajstić information content (AvgIpc) is 3.28. The van der Waals surface area contributed by atoms with Gasteiger partial charge in [-0.25, -0.2) is 4.68 Å². The second-order valence-electron chi connectivity index (χ2n) is 9.58. The number of carbonyl (C=O) groups excluding carboxylic acids is 2. The van der Waals surface area contributed by atoms with E-state index >= 15 is 0 Å². The third-order valence-corrected chi connectivity index (χ3v) is 5.74. The number of carbonyl (C=O) groups is 2. The van der Waals surface area contributed by atoms with E-state index in [0.717, 1.165) is 5.52 Å². The van der Waals surface area contributed by atoms with E-state index in [-0.39, 0.29) is 18.4 Å². The number of rotatable bonds is 8. The first-order valence-corrected chi connectivity index (χ1v) is 11.9. The first-order valence-electron chi connectivity index (χ1n) is 11.9. The summed E-state index contributed by atoms with van der Waals surface area (Å²) in [6.45, 7) is 5.55. The Morgan fingerprint density at radius 3 is 2.35 bits per heavy atom. The fourth-order valence-corrected chi connectivity index (χ4v) is 4.15. The number of anilines is 1. The summed E-state index contributed by atoms with van der Waals surface area (Å²) in [5.74, 6) is 0.280. The number of benzene rings is 3. The Morgan fingerprint density at radius 1 is 0.973 bits per heavy atom. The Morgan fingerprint density at radius 2 is 1.68 bits per heavy atom. The molecule has 1 aromatic heterocycles. The molecule has 0 fully saturated rings. The van der Waals surface area contributed by atoms with Gasteiger partial charge in [-0.1, -0.05) is 35.5 Å². The van der Waals surface area contributed by atoms with E-state index in [9.17, 15) is 9.59 Å². The van der Waals surface area contributed by atoms with Crippen LogP contribution in [0, 0.1) is 0 Å². The highest BCUT2D eigenvalue weighted by Gasteiger charge is 2.36. The largest absolute Gasteiger partial charge is 0.497 e. The fourth-order valence-electron chi connectivity index (χ4n) is 4.15. The average molecular weight is 502 g/mol. The zero-order valence-corrected chi connectivity index (χ0v) is 21.6. The number of hydrogen-bond acceptors (Lipinski definition) is 6. The Kier molecular flexibility index (Phi) is 7.42. The van der Waals surface area contributed by atoms with Gasteiger partial charge in [-0.3, -0.25) is 14.5 Å². The number of nitrogens with one attached hydrogen (secondary N) is 1. The number of hydrogen-bond donors (Lipinski definition) is 1. The smallest absolute Gasteiger partial charge is 0.249 e. The molecule has 37 heavy (non-hydrogen) atoms. The number of methoxy groups -OCH3 is 2. The minimum atomic E-state index is -1.06. The van der Waals surface area contributed by atoms with Crippen LogP contribution in [-0.2, 0) is 16.1 Å². The van der Waals surface area contributed by atoms with Crippen LogP contribution in [0.4, 0.5) is 5.69 Å². The number of fused-ring (bicyclic) bond motifs is 1. The molecular formula is C28H31N5O4. The summed E-state index contributed by atoms with van der Waals surface area (Å²) in [5.41, 5.74) is 1.89. The maximum Gasteiger partial charge on any atom is 0.249 e. The number of ether oxygens (including phenoxy) is 2. The van der Waals surface area contributed by atoms with Gasteiger partial charge in [0.05, 0.1) is 19.7 Å². The predicted molar refractivity (Wildman–Crippen MR) is 142 cm³/mol. The quantitative estimate of drug-likeness (QED) is 0.390. The van der Waals surface area contributed by atoms with Crippen molar-refractivity contribution in [3.8, 4) is 11.5 Å². The lowest BCUT2D eigenvalue weighted by Crippen LogP contribution is -2.50. The lowest BCUT2D eigenvalue weighted by molar-refractivity contribution is -0.128. The Bertz CT molecular complexity index is 1390. The molecule has 1 atom stereocenters. The highest BCUT2D eigenvalue weighted by atomic mass is 16.5. The molecule has 0 spiro atoms. The molecule has 1 N–H and O–H groups in total.